The van der Waals surface area contributed by atoms with Crippen molar-refractivity contribution in [2.45, 2.75) is 26.3 Å². The van der Waals surface area contributed by atoms with Gasteiger partial charge in [-0.2, -0.15) is 0 Å². The number of benzene rings is 1. The fraction of sp³-hybridized carbons (Fsp3) is 0.550. The van der Waals surface area contributed by atoms with Crippen molar-refractivity contribution in [3.63, 3.8) is 0 Å². The highest BCUT2D eigenvalue weighted by Crippen LogP contribution is 2.32. The van der Waals surface area contributed by atoms with Gasteiger partial charge in [0.1, 0.15) is 0 Å². The zero-order chi connectivity index (χ0) is 17.2. The normalized spacial score (nSPS) is 19.2. The average molecular weight is 340 g/mol. The summed E-state index contributed by atoms with van der Waals surface area (Å²) in [4.78, 5) is 9.39. The molecule has 0 saturated carbocycles. The summed E-state index contributed by atoms with van der Waals surface area (Å²) in [6.07, 6.45) is 5.13. The molecular weight excluding hydrogens is 312 g/mol. The smallest absolute Gasteiger partial charge is 0.0953 e. The highest BCUT2D eigenvalue weighted by Gasteiger charge is 2.20. The standard InChI is InChI=1S/C20H28N4O/c1-3-23-7-6-18-12-17(4-5-19(18)23)20-13-21-15-24(20)16(2)14-22-8-10-25-11-9-22/h4-5,12-13,15-16H,3,6-11,14H2,1-2H3/t16-/m0/s1. The van der Waals surface area contributed by atoms with Gasteiger partial charge in [-0.3, -0.25) is 4.90 Å². The van der Waals surface area contributed by atoms with Crippen LogP contribution in [-0.2, 0) is 11.2 Å². The lowest BCUT2D eigenvalue weighted by molar-refractivity contribution is 0.0326. The molecule has 0 N–H and O–H groups in total. The number of imidazole rings is 1. The predicted octanol–water partition coefficient (Wildman–Crippen LogP) is 2.83. The molecule has 1 saturated heterocycles. The first-order valence-electron chi connectivity index (χ1n) is 9.46. The number of ether oxygens (including phenoxy) is 1. The Hall–Kier alpha value is -1.85. The molecule has 5 nitrogen and oxygen atoms in total. The highest BCUT2D eigenvalue weighted by molar-refractivity contribution is 5.68. The van der Waals surface area contributed by atoms with Gasteiger partial charge in [-0.25, -0.2) is 4.98 Å². The first-order chi connectivity index (χ1) is 12.3. The van der Waals surface area contributed by atoms with Gasteiger partial charge in [0.25, 0.3) is 0 Å². The van der Waals surface area contributed by atoms with Crippen molar-refractivity contribution in [3.05, 3.63) is 36.3 Å². The van der Waals surface area contributed by atoms with E-state index < -0.39 is 0 Å². The molecule has 0 aliphatic carbocycles. The summed E-state index contributed by atoms with van der Waals surface area (Å²) >= 11 is 0. The molecule has 2 aromatic rings. The minimum Gasteiger partial charge on any atom is -0.379 e. The second-order valence-electron chi connectivity index (χ2n) is 7.12. The molecule has 0 spiro atoms. The van der Waals surface area contributed by atoms with E-state index in [1.807, 2.05) is 12.5 Å². The van der Waals surface area contributed by atoms with Crippen LogP contribution in [0.25, 0.3) is 11.3 Å². The molecule has 1 aromatic carbocycles. The van der Waals surface area contributed by atoms with Crippen molar-refractivity contribution < 1.29 is 4.74 Å². The molecule has 0 bridgehead atoms. The lowest BCUT2D eigenvalue weighted by atomic mass is 10.1. The topological polar surface area (TPSA) is 33.5 Å². The largest absolute Gasteiger partial charge is 0.379 e. The van der Waals surface area contributed by atoms with Crippen LogP contribution < -0.4 is 4.90 Å². The molecular formula is C20H28N4O. The SMILES string of the molecule is CCN1CCc2cc(-c3cncn3[C@@H](C)CN3CCOCC3)ccc21. The molecule has 0 amide bonds. The molecule has 3 heterocycles. The molecule has 0 unspecified atom stereocenters. The maximum absolute atomic E-state index is 5.46. The van der Waals surface area contributed by atoms with Crippen molar-refractivity contribution in [2.75, 3.05) is 50.8 Å². The minimum atomic E-state index is 0.399. The quantitative estimate of drug-likeness (QED) is 0.838. The van der Waals surface area contributed by atoms with Gasteiger partial charge >= 0.3 is 0 Å². The van der Waals surface area contributed by atoms with Crippen LogP contribution in [0.3, 0.4) is 0 Å². The van der Waals surface area contributed by atoms with Gasteiger partial charge in [-0.1, -0.05) is 6.07 Å². The number of aromatic nitrogens is 2. The Labute approximate surface area is 150 Å². The molecule has 5 heteroatoms. The van der Waals surface area contributed by atoms with Crippen LogP contribution in [0.1, 0.15) is 25.5 Å². The van der Waals surface area contributed by atoms with E-state index >= 15 is 0 Å². The van der Waals surface area contributed by atoms with E-state index in [4.69, 9.17) is 4.74 Å². The Morgan fingerprint density at radius 1 is 1.20 bits per heavy atom. The molecule has 1 atom stereocenters. The number of fused-ring (bicyclic) bond motifs is 1. The van der Waals surface area contributed by atoms with Crippen LogP contribution in [-0.4, -0.2) is 60.4 Å². The van der Waals surface area contributed by atoms with E-state index in [1.165, 1.54) is 22.5 Å². The van der Waals surface area contributed by atoms with Crippen LogP contribution in [0.2, 0.25) is 0 Å². The minimum absolute atomic E-state index is 0.399. The first-order valence-corrected chi connectivity index (χ1v) is 9.46. The Balaban J connectivity index is 1.55. The van der Waals surface area contributed by atoms with E-state index in [0.717, 1.165) is 52.4 Å². The van der Waals surface area contributed by atoms with E-state index in [1.54, 1.807) is 0 Å². The lowest BCUT2D eigenvalue weighted by Crippen LogP contribution is -2.39. The van der Waals surface area contributed by atoms with Crippen molar-refractivity contribution in [2.24, 2.45) is 0 Å². The van der Waals surface area contributed by atoms with E-state index in [9.17, 15) is 0 Å². The summed E-state index contributed by atoms with van der Waals surface area (Å²) in [5, 5.41) is 0. The summed E-state index contributed by atoms with van der Waals surface area (Å²) in [6, 6.07) is 7.29. The van der Waals surface area contributed by atoms with Crippen LogP contribution in [0.4, 0.5) is 5.69 Å². The number of anilines is 1. The van der Waals surface area contributed by atoms with Crippen molar-refractivity contribution in [1.82, 2.24) is 14.5 Å². The fourth-order valence-electron chi connectivity index (χ4n) is 4.08. The Kier molecular flexibility index (Phi) is 4.77. The number of rotatable bonds is 5. The molecule has 25 heavy (non-hydrogen) atoms. The summed E-state index contributed by atoms with van der Waals surface area (Å²) in [6.45, 7) is 11.5. The summed E-state index contributed by atoms with van der Waals surface area (Å²) in [7, 11) is 0. The second kappa shape index (κ2) is 7.18. The van der Waals surface area contributed by atoms with E-state index in [-0.39, 0.29) is 0 Å². The number of hydrogen-bond donors (Lipinski definition) is 0. The van der Waals surface area contributed by atoms with Gasteiger partial charge in [0, 0.05) is 50.0 Å². The molecule has 1 aromatic heterocycles. The molecule has 0 radical (unpaired) electrons. The molecule has 2 aliphatic rings. The van der Waals surface area contributed by atoms with Crippen molar-refractivity contribution in [3.8, 4) is 11.3 Å². The number of likely N-dealkylation sites (N-methyl/N-ethyl adjacent to an activating group) is 1. The summed E-state index contributed by atoms with van der Waals surface area (Å²) in [5.74, 6) is 0. The van der Waals surface area contributed by atoms with Gasteiger partial charge in [0.2, 0.25) is 0 Å². The van der Waals surface area contributed by atoms with Gasteiger partial charge in [0.05, 0.1) is 31.4 Å². The number of hydrogen-bond acceptors (Lipinski definition) is 4. The summed E-state index contributed by atoms with van der Waals surface area (Å²) < 4.78 is 7.78. The molecule has 4 rings (SSSR count). The van der Waals surface area contributed by atoms with Gasteiger partial charge in [-0.15, -0.1) is 0 Å². The van der Waals surface area contributed by atoms with Crippen molar-refractivity contribution >= 4 is 5.69 Å². The first kappa shape index (κ1) is 16.6. The predicted molar refractivity (Wildman–Crippen MR) is 101 cm³/mol. The van der Waals surface area contributed by atoms with Gasteiger partial charge < -0.3 is 14.2 Å². The van der Waals surface area contributed by atoms with E-state index in [0.29, 0.717) is 6.04 Å². The Bertz CT molecular complexity index is 720. The summed E-state index contributed by atoms with van der Waals surface area (Å²) in [5.41, 5.74) is 5.37. The van der Waals surface area contributed by atoms with E-state index in [2.05, 4.69) is 51.4 Å². The maximum atomic E-state index is 5.46. The highest BCUT2D eigenvalue weighted by atomic mass is 16.5. The van der Waals surface area contributed by atoms with Crippen molar-refractivity contribution in [1.29, 1.82) is 0 Å². The number of morpholine rings is 1. The average Bonchev–Trinajstić information content (AvgIpc) is 3.28. The molecule has 1 fully saturated rings. The lowest BCUT2D eigenvalue weighted by Gasteiger charge is -2.30. The maximum Gasteiger partial charge on any atom is 0.0953 e. The van der Waals surface area contributed by atoms with Gasteiger partial charge in [0.15, 0.2) is 0 Å². The molecule has 134 valence electrons. The third-order valence-electron chi connectivity index (χ3n) is 5.52. The monoisotopic (exact) mass is 340 g/mol. The second-order valence-corrected chi connectivity index (χ2v) is 7.12. The Morgan fingerprint density at radius 2 is 2.04 bits per heavy atom. The zero-order valence-corrected chi connectivity index (χ0v) is 15.3. The van der Waals surface area contributed by atoms with Crippen LogP contribution in [0.5, 0.6) is 0 Å². The Morgan fingerprint density at radius 3 is 2.84 bits per heavy atom. The fourth-order valence-corrected chi connectivity index (χ4v) is 4.08. The molecule has 2 aliphatic heterocycles. The van der Waals surface area contributed by atoms with Crippen LogP contribution in [0, 0.1) is 0 Å². The van der Waals surface area contributed by atoms with Crippen LogP contribution in [0.15, 0.2) is 30.7 Å². The number of nitrogens with zero attached hydrogens (tertiary/aromatic N) is 4. The third kappa shape index (κ3) is 3.31. The van der Waals surface area contributed by atoms with Gasteiger partial charge in [-0.05, 0) is 38.0 Å². The zero-order valence-electron chi connectivity index (χ0n) is 15.3. The van der Waals surface area contributed by atoms with Crippen LogP contribution >= 0.6 is 0 Å². The third-order valence-corrected chi connectivity index (χ3v) is 5.52.